The van der Waals surface area contributed by atoms with Crippen molar-refractivity contribution >= 4 is 21.5 Å². The molecule has 0 unspecified atom stereocenters. The maximum atomic E-state index is 11.7. The molecule has 17 heavy (non-hydrogen) atoms. The third-order valence-electron chi connectivity index (χ3n) is 2.30. The van der Waals surface area contributed by atoms with E-state index in [4.69, 9.17) is 5.73 Å². The van der Waals surface area contributed by atoms with E-state index in [2.05, 4.69) is 10.4 Å². The van der Waals surface area contributed by atoms with Crippen LogP contribution in [0.4, 0.5) is 11.6 Å². The monoisotopic (exact) mass is 260 g/mol. The van der Waals surface area contributed by atoms with Crippen LogP contribution in [0.1, 0.15) is 26.7 Å². The summed E-state index contributed by atoms with van der Waals surface area (Å²) in [6, 6.07) is 0. The van der Waals surface area contributed by atoms with Gasteiger partial charge in [-0.15, -0.1) is 0 Å². The summed E-state index contributed by atoms with van der Waals surface area (Å²) in [6.07, 6.45) is 2.89. The van der Waals surface area contributed by atoms with Gasteiger partial charge in [-0.2, -0.15) is 5.10 Å². The third-order valence-corrected chi connectivity index (χ3v) is 3.44. The van der Waals surface area contributed by atoms with E-state index in [1.54, 1.807) is 0 Å². The summed E-state index contributed by atoms with van der Waals surface area (Å²) in [5.74, 6) is 0.577. The Morgan fingerprint density at radius 3 is 2.47 bits per heavy atom. The minimum Gasteiger partial charge on any atom is -0.383 e. The van der Waals surface area contributed by atoms with Crippen LogP contribution in [-0.2, 0) is 16.4 Å². The molecule has 1 heterocycles. The van der Waals surface area contributed by atoms with Gasteiger partial charge in [0, 0.05) is 19.3 Å². The molecule has 1 rings (SSSR count). The standard InChI is InChI=1S/C10H20N4O2S/c1-4-6-12-10-8(17(3,15)16)9(11)14(13-10)7-5-2/h4-7,11H2,1-3H3,(H,12,13). The molecule has 3 N–H and O–H groups in total. The second-order valence-corrected chi connectivity index (χ2v) is 5.94. The first-order chi connectivity index (χ1) is 7.91. The van der Waals surface area contributed by atoms with Crippen LogP contribution in [0, 0.1) is 0 Å². The van der Waals surface area contributed by atoms with Gasteiger partial charge in [-0.3, -0.25) is 0 Å². The number of nitrogens with one attached hydrogen (secondary N) is 1. The molecule has 0 fully saturated rings. The number of nitrogen functional groups attached to an aromatic ring is 1. The molecule has 0 bridgehead atoms. The molecule has 1 aromatic rings. The molecular weight excluding hydrogens is 240 g/mol. The number of nitrogens with zero attached hydrogens (tertiary/aromatic N) is 2. The van der Waals surface area contributed by atoms with Crippen LogP contribution in [0.15, 0.2) is 4.90 Å². The molecular formula is C10H20N4O2S. The first-order valence-corrected chi connectivity index (χ1v) is 7.61. The number of hydrogen-bond donors (Lipinski definition) is 2. The summed E-state index contributed by atoms with van der Waals surface area (Å²) in [5.41, 5.74) is 5.83. The zero-order valence-electron chi connectivity index (χ0n) is 10.5. The van der Waals surface area contributed by atoms with E-state index < -0.39 is 9.84 Å². The van der Waals surface area contributed by atoms with E-state index in [9.17, 15) is 8.42 Å². The summed E-state index contributed by atoms with van der Waals surface area (Å²) >= 11 is 0. The van der Waals surface area contributed by atoms with E-state index in [1.807, 2.05) is 13.8 Å². The van der Waals surface area contributed by atoms with Crippen LogP contribution >= 0.6 is 0 Å². The molecule has 0 atom stereocenters. The predicted octanol–water partition coefficient (Wildman–Crippen LogP) is 1.10. The van der Waals surface area contributed by atoms with Gasteiger partial charge < -0.3 is 11.1 Å². The van der Waals surface area contributed by atoms with Gasteiger partial charge in [0.05, 0.1) is 0 Å². The lowest BCUT2D eigenvalue weighted by atomic mass is 10.4. The summed E-state index contributed by atoms with van der Waals surface area (Å²) in [7, 11) is -3.36. The van der Waals surface area contributed by atoms with Gasteiger partial charge in [0.2, 0.25) is 0 Å². The first-order valence-electron chi connectivity index (χ1n) is 5.72. The summed E-state index contributed by atoms with van der Waals surface area (Å²) in [4.78, 5) is 0.111. The lowest BCUT2D eigenvalue weighted by Crippen LogP contribution is -2.07. The zero-order chi connectivity index (χ0) is 13.1. The average Bonchev–Trinajstić information content (AvgIpc) is 2.53. The van der Waals surface area contributed by atoms with Gasteiger partial charge in [0.1, 0.15) is 5.82 Å². The number of sulfone groups is 1. The molecule has 0 aromatic carbocycles. The first kappa shape index (κ1) is 13.8. The zero-order valence-corrected chi connectivity index (χ0v) is 11.3. The summed E-state index contributed by atoms with van der Waals surface area (Å²) in [6.45, 7) is 5.27. The Morgan fingerprint density at radius 1 is 1.35 bits per heavy atom. The SMILES string of the molecule is CCCNc1nn(CCC)c(N)c1S(C)(=O)=O. The van der Waals surface area contributed by atoms with E-state index in [0.717, 1.165) is 19.1 Å². The Kier molecular flexibility index (Phi) is 4.39. The van der Waals surface area contributed by atoms with Gasteiger partial charge >= 0.3 is 0 Å². The van der Waals surface area contributed by atoms with Crippen molar-refractivity contribution in [2.45, 2.75) is 38.1 Å². The highest BCUT2D eigenvalue weighted by Crippen LogP contribution is 2.27. The van der Waals surface area contributed by atoms with E-state index in [1.165, 1.54) is 4.68 Å². The molecule has 98 valence electrons. The van der Waals surface area contributed by atoms with Crippen LogP contribution in [0.25, 0.3) is 0 Å². The van der Waals surface area contributed by atoms with Crippen molar-refractivity contribution in [3.8, 4) is 0 Å². The Morgan fingerprint density at radius 2 is 2.00 bits per heavy atom. The van der Waals surface area contributed by atoms with Crippen LogP contribution in [0.2, 0.25) is 0 Å². The lowest BCUT2D eigenvalue weighted by molar-refractivity contribution is 0.600. The third kappa shape index (κ3) is 3.12. The van der Waals surface area contributed by atoms with Crippen molar-refractivity contribution in [3.05, 3.63) is 0 Å². The number of rotatable bonds is 6. The van der Waals surface area contributed by atoms with Crippen molar-refractivity contribution in [2.75, 3.05) is 23.9 Å². The number of aromatic nitrogens is 2. The minimum atomic E-state index is -3.36. The van der Waals surface area contributed by atoms with Crippen LogP contribution in [0.5, 0.6) is 0 Å². The highest BCUT2D eigenvalue weighted by Gasteiger charge is 2.23. The molecule has 0 spiro atoms. The van der Waals surface area contributed by atoms with Crippen molar-refractivity contribution < 1.29 is 8.42 Å². The smallest absolute Gasteiger partial charge is 0.182 e. The fourth-order valence-electron chi connectivity index (χ4n) is 1.57. The second kappa shape index (κ2) is 5.39. The Balaban J connectivity index is 3.22. The highest BCUT2D eigenvalue weighted by molar-refractivity contribution is 7.91. The molecule has 0 radical (unpaired) electrons. The molecule has 0 aliphatic carbocycles. The number of nitrogens with two attached hydrogens (primary N) is 1. The van der Waals surface area contributed by atoms with Crippen molar-refractivity contribution in [1.82, 2.24) is 9.78 Å². The van der Waals surface area contributed by atoms with Gasteiger partial charge in [-0.05, 0) is 12.8 Å². The molecule has 0 aliphatic rings. The Labute approximate surface area is 102 Å². The Hall–Kier alpha value is -1.24. The van der Waals surface area contributed by atoms with E-state index in [-0.39, 0.29) is 10.7 Å². The topological polar surface area (TPSA) is 90.0 Å². The Bertz CT molecular complexity index is 479. The lowest BCUT2D eigenvalue weighted by Gasteiger charge is -2.02. The number of hydrogen-bond acceptors (Lipinski definition) is 5. The van der Waals surface area contributed by atoms with Gasteiger partial charge in [-0.25, -0.2) is 13.1 Å². The fraction of sp³-hybridized carbons (Fsp3) is 0.700. The summed E-state index contributed by atoms with van der Waals surface area (Å²) < 4.78 is 24.9. The normalized spacial score (nSPS) is 11.7. The van der Waals surface area contributed by atoms with Crippen LogP contribution in [-0.4, -0.2) is 31.0 Å². The molecule has 6 nitrogen and oxygen atoms in total. The number of aryl methyl sites for hydroxylation is 1. The van der Waals surface area contributed by atoms with E-state index in [0.29, 0.717) is 18.9 Å². The van der Waals surface area contributed by atoms with Gasteiger partial charge in [0.15, 0.2) is 20.6 Å². The minimum absolute atomic E-state index is 0.111. The van der Waals surface area contributed by atoms with Crippen molar-refractivity contribution in [2.24, 2.45) is 0 Å². The quantitative estimate of drug-likeness (QED) is 0.799. The fourth-order valence-corrected chi connectivity index (χ4v) is 2.51. The molecule has 7 heteroatoms. The van der Waals surface area contributed by atoms with Crippen molar-refractivity contribution in [1.29, 1.82) is 0 Å². The molecule has 0 saturated carbocycles. The number of anilines is 2. The summed E-state index contributed by atoms with van der Waals surface area (Å²) in [5, 5.41) is 7.20. The van der Waals surface area contributed by atoms with Crippen molar-refractivity contribution in [3.63, 3.8) is 0 Å². The van der Waals surface area contributed by atoms with E-state index >= 15 is 0 Å². The second-order valence-electron chi connectivity index (χ2n) is 3.99. The molecule has 0 aliphatic heterocycles. The van der Waals surface area contributed by atoms with Gasteiger partial charge in [-0.1, -0.05) is 13.8 Å². The van der Waals surface area contributed by atoms with Crippen LogP contribution in [0.3, 0.4) is 0 Å². The average molecular weight is 260 g/mol. The largest absolute Gasteiger partial charge is 0.383 e. The van der Waals surface area contributed by atoms with Gasteiger partial charge in [0.25, 0.3) is 0 Å². The molecule has 1 aromatic heterocycles. The maximum Gasteiger partial charge on any atom is 0.182 e. The molecule has 0 amide bonds. The predicted molar refractivity (Wildman–Crippen MR) is 68.8 cm³/mol. The molecule has 0 saturated heterocycles. The van der Waals surface area contributed by atoms with Crippen LogP contribution < -0.4 is 11.1 Å². The highest BCUT2D eigenvalue weighted by atomic mass is 32.2. The maximum absolute atomic E-state index is 11.7.